The molecule has 0 saturated carbocycles. The van der Waals surface area contributed by atoms with Crippen molar-refractivity contribution in [1.82, 2.24) is 10.2 Å². The first kappa shape index (κ1) is 12.6. The molecule has 1 unspecified atom stereocenters. The Hall–Kier alpha value is -0.810. The number of carbonyl (C=O) groups is 1. The van der Waals surface area contributed by atoms with Crippen LogP contribution in [-0.2, 0) is 4.79 Å². The van der Waals surface area contributed by atoms with Crippen molar-refractivity contribution in [3.8, 4) is 0 Å². The fourth-order valence-corrected chi connectivity index (χ4v) is 2.96. The fourth-order valence-electron chi connectivity index (χ4n) is 2.41. The number of hydrogen-bond acceptors (Lipinski definition) is 3. The van der Waals surface area contributed by atoms with Gasteiger partial charge in [0, 0.05) is 7.05 Å². The van der Waals surface area contributed by atoms with Gasteiger partial charge in [0.1, 0.15) is 10.4 Å². The molecule has 17 heavy (non-hydrogen) atoms. The van der Waals surface area contributed by atoms with Crippen LogP contribution in [0, 0.1) is 5.41 Å². The molecule has 5 heteroatoms. The highest BCUT2D eigenvalue weighted by Gasteiger charge is 2.47. The molecular weight excluding hydrogens is 252 g/mol. The van der Waals surface area contributed by atoms with Gasteiger partial charge in [-0.3, -0.25) is 4.79 Å². The lowest BCUT2D eigenvalue weighted by Crippen LogP contribution is -2.61. The van der Waals surface area contributed by atoms with Crippen molar-refractivity contribution in [3.63, 3.8) is 0 Å². The van der Waals surface area contributed by atoms with Crippen molar-refractivity contribution in [3.05, 3.63) is 11.6 Å². The van der Waals surface area contributed by atoms with Crippen LogP contribution in [0.1, 0.15) is 32.6 Å². The molecule has 0 aromatic carbocycles. The molecule has 1 heterocycles. The molecular formula is C12H16N2OS2. The highest BCUT2D eigenvalue weighted by molar-refractivity contribution is 7.82. The Balaban J connectivity index is 2.40. The normalized spacial score (nSPS) is 30.1. The van der Waals surface area contributed by atoms with Crippen molar-refractivity contribution in [1.29, 1.82) is 0 Å². The molecule has 3 nitrogen and oxygen atoms in total. The van der Waals surface area contributed by atoms with Gasteiger partial charge in [-0.2, -0.15) is 0 Å². The summed E-state index contributed by atoms with van der Waals surface area (Å²) in [5.74, 6) is -0.0845. The van der Waals surface area contributed by atoms with Crippen molar-refractivity contribution in [2.75, 3.05) is 7.05 Å². The van der Waals surface area contributed by atoms with Crippen molar-refractivity contribution < 1.29 is 4.79 Å². The summed E-state index contributed by atoms with van der Waals surface area (Å²) in [6, 6.07) is 0. The second-order valence-corrected chi connectivity index (χ2v) is 5.50. The minimum atomic E-state index is -0.702. The Labute approximate surface area is 112 Å². The topological polar surface area (TPSA) is 32.3 Å². The minimum Gasteiger partial charge on any atom is -0.315 e. The maximum atomic E-state index is 12.2. The minimum absolute atomic E-state index is 0.0845. The summed E-state index contributed by atoms with van der Waals surface area (Å²) < 4.78 is 0. The van der Waals surface area contributed by atoms with Gasteiger partial charge < -0.3 is 10.2 Å². The largest absolute Gasteiger partial charge is 0.315 e. The summed E-state index contributed by atoms with van der Waals surface area (Å²) in [5, 5.41) is 3.13. The average molecular weight is 268 g/mol. The summed E-state index contributed by atoms with van der Waals surface area (Å²) in [4.78, 5) is 14.6. The number of rotatable bonds is 1. The molecule has 0 aromatic heterocycles. The van der Waals surface area contributed by atoms with Gasteiger partial charge in [-0.25, -0.2) is 0 Å². The van der Waals surface area contributed by atoms with Crippen LogP contribution >= 0.6 is 24.4 Å². The zero-order valence-corrected chi connectivity index (χ0v) is 11.7. The van der Waals surface area contributed by atoms with Crippen molar-refractivity contribution in [2.24, 2.45) is 5.41 Å². The van der Waals surface area contributed by atoms with Crippen LogP contribution in [0.4, 0.5) is 0 Å². The highest BCUT2D eigenvalue weighted by atomic mass is 32.1. The SMILES string of the molecule is CN1C(=S)NC(=O)C(C)(C2=CCCCC2)C1=S. The number of carbonyl (C=O) groups excluding carboxylic acids is 1. The second-order valence-electron chi connectivity index (χ2n) is 4.72. The molecule has 0 radical (unpaired) electrons. The third-order valence-electron chi connectivity index (χ3n) is 3.64. The van der Waals surface area contributed by atoms with E-state index in [2.05, 4.69) is 11.4 Å². The summed E-state index contributed by atoms with van der Waals surface area (Å²) in [6.45, 7) is 1.90. The third-order valence-corrected chi connectivity index (χ3v) is 4.70. The number of nitrogens with one attached hydrogen (secondary N) is 1. The first-order valence-electron chi connectivity index (χ1n) is 5.81. The van der Waals surface area contributed by atoms with Gasteiger partial charge in [-0.1, -0.05) is 23.9 Å². The van der Waals surface area contributed by atoms with Crippen LogP contribution < -0.4 is 5.32 Å². The molecule has 1 amide bonds. The molecule has 92 valence electrons. The number of hydrogen-bond donors (Lipinski definition) is 1. The predicted octanol–water partition coefficient (Wildman–Crippen LogP) is 2.17. The second kappa shape index (κ2) is 4.46. The van der Waals surface area contributed by atoms with E-state index < -0.39 is 5.41 Å². The predicted molar refractivity (Wildman–Crippen MR) is 75.8 cm³/mol. The van der Waals surface area contributed by atoms with E-state index in [1.807, 2.05) is 14.0 Å². The maximum Gasteiger partial charge on any atom is 0.243 e. The summed E-state index contributed by atoms with van der Waals surface area (Å²) in [7, 11) is 1.81. The molecule has 1 fully saturated rings. The summed E-state index contributed by atoms with van der Waals surface area (Å²) in [6.07, 6.45) is 6.48. The first-order valence-corrected chi connectivity index (χ1v) is 6.62. The monoisotopic (exact) mass is 268 g/mol. The molecule has 0 aromatic rings. The Bertz CT molecular complexity index is 430. The van der Waals surface area contributed by atoms with E-state index >= 15 is 0 Å². The smallest absolute Gasteiger partial charge is 0.243 e. The van der Waals surface area contributed by atoms with Gasteiger partial charge in [-0.05, 0) is 44.8 Å². The maximum absolute atomic E-state index is 12.2. The molecule has 1 saturated heterocycles. The third kappa shape index (κ3) is 1.91. The van der Waals surface area contributed by atoms with Crippen LogP contribution in [0.3, 0.4) is 0 Å². The average Bonchev–Trinajstić information content (AvgIpc) is 2.35. The zero-order valence-electron chi connectivity index (χ0n) is 10.1. The lowest BCUT2D eigenvalue weighted by Gasteiger charge is -2.41. The van der Waals surface area contributed by atoms with E-state index in [1.54, 1.807) is 4.90 Å². The van der Waals surface area contributed by atoms with Gasteiger partial charge in [-0.15, -0.1) is 0 Å². The standard InChI is InChI=1S/C12H16N2OS2/c1-12(8-6-4-3-5-7-8)9(15)13-11(17)14(2)10(12)16/h6H,3-5,7H2,1-2H3,(H,13,15,17). The quantitative estimate of drug-likeness (QED) is 0.583. The first-order chi connectivity index (χ1) is 7.98. The van der Waals surface area contributed by atoms with Gasteiger partial charge in [0.15, 0.2) is 5.11 Å². The Kier molecular flexibility index (Phi) is 3.32. The molecule has 1 atom stereocenters. The Morgan fingerprint density at radius 2 is 2.12 bits per heavy atom. The summed E-state index contributed by atoms with van der Waals surface area (Å²) >= 11 is 10.5. The Morgan fingerprint density at radius 3 is 2.71 bits per heavy atom. The van der Waals surface area contributed by atoms with E-state index in [0.717, 1.165) is 24.8 Å². The summed E-state index contributed by atoms with van der Waals surface area (Å²) in [5.41, 5.74) is 0.438. The van der Waals surface area contributed by atoms with E-state index in [4.69, 9.17) is 24.4 Å². The molecule has 2 aliphatic rings. The van der Waals surface area contributed by atoms with Crippen LogP contribution in [0.5, 0.6) is 0 Å². The highest BCUT2D eigenvalue weighted by Crippen LogP contribution is 2.38. The van der Waals surface area contributed by atoms with Crippen LogP contribution in [0.25, 0.3) is 0 Å². The number of allylic oxidation sites excluding steroid dienone is 1. The lowest BCUT2D eigenvalue weighted by atomic mass is 9.75. The number of amides is 1. The van der Waals surface area contributed by atoms with Crippen LogP contribution in [0.15, 0.2) is 11.6 Å². The van der Waals surface area contributed by atoms with E-state index in [1.165, 1.54) is 6.42 Å². The molecule has 2 rings (SSSR count). The van der Waals surface area contributed by atoms with Crippen molar-refractivity contribution in [2.45, 2.75) is 32.6 Å². The van der Waals surface area contributed by atoms with Crippen LogP contribution in [0.2, 0.25) is 0 Å². The fraction of sp³-hybridized carbons (Fsp3) is 0.583. The van der Waals surface area contributed by atoms with Gasteiger partial charge in [0.25, 0.3) is 0 Å². The van der Waals surface area contributed by atoms with E-state index in [0.29, 0.717) is 10.1 Å². The van der Waals surface area contributed by atoms with Crippen molar-refractivity contribution >= 4 is 40.4 Å². The molecule has 1 aliphatic carbocycles. The van der Waals surface area contributed by atoms with E-state index in [-0.39, 0.29) is 5.91 Å². The molecule has 0 bridgehead atoms. The van der Waals surface area contributed by atoms with Crippen LogP contribution in [-0.4, -0.2) is 28.0 Å². The van der Waals surface area contributed by atoms with Gasteiger partial charge in [0.05, 0.1) is 0 Å². The van der Waals surface area contributed by atoms with E-state index in [9.17, 15) is 4.79 Å². The molecule has 0 spiro atoms. The lowest BCUT2D eigenvalue weighted by molar-refractivity contribution is -0.124. The van der Waals surface area contributed by atoms with Gasteiger partial charge in [0.2, 0.25) is 5.91 Å². The zero-order chi connectivity index (χ0) is 12.6. The molecule has 1 aliphatic heterocycles. The molecule has 1 N–H and O–H groups in total. The number of nitrogens with zero attached hydrogens (tertiary/aromatic N) is 1. The number of thiocarbonyl (C=S) groups is 2. The van der Waals surface area contributed by atoms with Gasteiger partial charge >= 0.3 is 0 Å². The Morgan fingerprint density at radius 1 is 1.41 bits per heavy atom.